The van der Waals surface area contributed by atoms with E-state index >= 15 is 0 Å². The van der Waals surface area contributed by atoms with Gasteiger partial charge in [0.25, 0.3) is 0 Å². The van der Waals surface area contributed by atoms with Crippen LogP contribution in [0.4, 0.5) is 4.79 Å². The van der Waals surface area contributed by atoms with E-state index in [1.54, 1.807) is 13.8 Å². The maximum atomic E-state index is 12.2. The number of piperidine rings is 1. The molecule has 1 aliphatic carbocycles. The van der Waals surface area contributed by atoms with Crippen molar-refractivity contribution in [3.8, 4) is 0 Å². The van der Waals surface area contributed by atoms with Crippen molar-refractivity contribution in [3.63, 3.8) is 0 Å². The number of aliphatic carboxylic acids is 1. The number of carbonyl (C=O) groups is 2. The summed E-state index contributed by atoms with van der Waals surface area (Å²) in [5.74, 6) is -0.886. The molecule has 1 saturated carbocycles. The van der Waals surface area contributed by atoms with Crippen LogP contribution in [-0.4, -0.2) is 41.6 Å². The molecule has 21 heavy (non-hydrogen) atoms. The Labute approximate surface area is 127 Å². The van der Waals surface area contributed by atoms with Gasteiger partial charge in [0.1, 0.15) is 0 Å². The zero-order valence-corrected chi connectivity index (χ0v) is 13.3. The van der Waals surface area contributed by atoms with Gasteiger partial charge in [-0.05, 0) is 44.9 Å². The maximum Gasteiger partial charge on any atom is 0.317 e. The highest BCUT2D eigenvalue weighted by atomic mass is 16.4. The average Bonchev–Trinajstić information content (AvgIpc) is 2.46. The van der Waals surface area contributed by atoms with Crippen LogP contribution in [0.1, 0.15) is 58.8 Å². The summed E-state index contributed by atoms with van der Waals surface area (Å²) in [5.41, 5.74) is -0.439. The number of carbonyl (C=O) groups excluding carboxylic acids is 1. The zero-order chi connectivity index (χ0) is 15.5. The minimum atomic E-state index is -0.921. The lowest BCUT2D eigenvalue weighted by Gasteiger charge is -2.44. The zero-order valence-electron chi connectivity index (χ0n) is 13.3. The largest absolute Gasteiger partial charge is 0.481 e. The van der Waals surface area contributed by atoms with E-state index in [0.717, 1.165) is 25.9 Å². The Hall–Kier alpha value is -1.26. The third kappa shape index (κ3) is 3.89. The lowest BCUT2D eigenvalue weighted by Crippen LogP contribution is -2.50. The topological polar surface area (TPSA) is 69.6 Å². The van der Waals surface area contributed by atoms with Crippen molar-refractivity contribution < 1.29 is 14.7 Å². The van der Waals surface area contributed by atoms with Gasteiger partial charge in [0, 0.05) is 19.6 Å². The molecule has 0 radical (unpaired) electrons. The Kier molecular flexibility index (Phi) is 4.79. The van der Waals surface area contributed by atoms with E-state index < -0.39 is 11.4 Å². The Balaban J connectivity index is 1.79. The number of carboxylic acids is 1. The lowest BCUT2D eigenvalue weighted by molar-refractivity contribution is -0.146. The van der Waals surface area contributed by atoms with Crippen LogP contribution < -0.4 is 5.32 Å². The monoisotopic (exact) mass is 296 g/mol. The van der Waals surface area contributed by atoms with E-state index in [0.29, 0.717) is 5.41 Å². The van der Waals surface area contributed by atoms with E-state index in [9.17, 15) is 9.59 Å². The van der Waals surface area contributed by atoms with Crippen LogP contribution in [0, 0.1) is 10.8 Å². The molecule has 0 atom stereocenters. The van der Waals surface area contributed by atoms with Crippen molar-refractivity contribution in [1.82, 2.24) is 10.2 Å². The molecule has 1 heterocycles. The van der Waals surface area contributed by atoms with Gasteiger partial charge in [-0.3, -0.25) is 4.79 Å². The summed E-state index contributed by atoms with van der Waals surface area (Å²) in [5, 5.41) is 11.8. The molecule has 1 saturated heterocycles. The normalized spacial score (nSPS) is 22.1. The summed E-state index contributed by atoms with van der Waals surface area (Å²) in [6, 6.07) is -0.116. The summed E-state index contributed by atoms with van der Waals surface area (Å²) in [7, 11) is 0. The number of hydrogen-bond acceptors (Lipinski definition) is 2. The first-order valence-corrected chi connectivity index (χ1v) is 8.11. The van der Waals surface area contributed by atoms with Crippen molar-refractivity contribution in [2.75, 3.05) is 19.6 Å². The molecule has 5 heteroatoms. The van der Waals surface area contributed by atoms with Gasteiger partial charge in [-0.2, -0.15) is 0 Å². The van der Waals surface area contributed by atoms with Gasteiger partial charge in [0.05, 0.1) is 5.41 Å². The van der Waals surface area contributed by atoms with Crippen LogP contribution in [-0.2, 0) is 4.79 Å². The highest BCUT2D eigenvalue weighted by Crippen LogP contribution is 2.44. The number of nitrogens with one attached hydrogen (secondary N) is 1. The fourth-order valence-electron chi connectivity index (χ4n) is 3.47. The standard InChI is InChI=1S/C16H28N2O3/c1-15(2,13(19)20)12-17-14(21)18-10-8-16(9-11-18)6-4-3-5-7-16/h3-12H2,1-2H3,(H,17,21)(H,19,20). The first kappa shape index (κ1) is 16.1. The molecule has 120 valence electrons. The van der Waals surface area contributed by atoms with Gasteiger partial charge in [-0.25, -0.2) is 4.79 Å². The smallest absolute Gasteiger partial charge is 0.317 e. The van der Waals surface area contributed by atoms with E-state index in [1.165, 1.54) is 32.1 Å². The second-order valence-corrected chi connectivity index (χ2v) is 7.40. The van der Waals surface area contributed by atoms with Crippen molar-refractivity contribution in [1.29, 1.82) is 0 Å². The number of hydrogen-bond donors (Lipinski definition) is 2. The second kappa shape index (κ2) is 6.24. The second-order valence-electron chi connectivity index (χ2n) is 7.40. The molecule has 2 rings (SSSR count). The highest BCUT2D eigenvalue weighted by molar-refractivity contribution is 5.77. The molecule has 0 aromatic heterocycles. The maximum absolute atomic E-state index is 12.2. The third-order valence-electron chi connectivity index (χ3n) is 5.29. The SMILES string of the molecule is CC(C)(CNC(=O)N1CCC2(CCCCC2)CC1)C(=O)O. The van der Waals surface area contributed by atoms with Crippen LogP contribution in [0.2, 0.25) is 0 Å². The van der Waals surface area contributed by atoms with Gasteiger partial charge in [0.15, 0.2) is 0 Å². The minimum Gasteiger partial charge on any atom is -0.481 e. The Morgan fingerprint density at radius 1 is 1.10 bits per heavy atom. The molecule has 2 N–H and O–H groups in total. The molecule has 1 spiro atoms. The summed E-state index contributed by atoms with van der Waals surface area (Å²) in [6.45, 7) is 5.03. The molecule has 5 nitrogen and oxygen atoms in total. The van der Waals surface area contributed by atoms with Gasteiger partial charge in [-0.1, -0.05) is 19.3 Å². The number of rotatable bonds is 3. The number of urea groups is 1. The Morgan fingerprint density at radius 2 is 1.67 bits per heavy atom. The van der Waals surface area contributed by atoms with Crippen molar-refractivity contribution in [2.45, 2.75) is 58.8 Å². The van der Waals surface area contributed by atoms with Crippen molar-refractivity contribution >= 4 is 12.0 Å². The molecule has 0 aromatic rings. The van der Waals surface area contributed by atoms with E-state index in [2.05, 4.69) is 5.32 Å². The number of likely N-dealkylation sites (tertiary alicyclic amines) is 1. The molecule has 0 aromatic carbocycles. The van der Waals surface area contributed by atoms with Gasteiger partial charge < -0.3 is 15.3 Å². The van der Waals surface area contributed by atoms with Crippen LogP contribution in [0.5, 0.6) is 0 Å². The predicted molar refractivity (Wildman–Crippen MR) is 81.1 cm³/mol. The summed E-state index contributed by atoms with van der Waals surface area (Å²) in [6.07, 6.45) is 8.85. The van der Waals surface area contributed by atoms with E-state index in [1.807, 2.05) is 4.90 Å². The molecule has 0 bridgehead atoms. The van der Waals surface area contributed by atoms with Crippen LogP contribution >= 0.6 is 0 Å². The predicted octanol–water partition coefficient (Wildman–Crippen LogP) is 2.85. The summed E-state index contributed by atoms with van der Waals surface area (Å²) >= 11 is 0. The quantitative estimate of drug-likeness (QED) is 0.841. The van der Waals surface area contributed by atoms with Crippen molar-refractivity contribution in [3.05, 3.63) is 0 Å². The number of carboxylic acid groups (broad SMARTS) is 1. The first-order valence-electron chi connectivity index (χ1n) is 8.11. The Morgan fingerprint density at radius 3 is 2.19 bits per heavy atom. The molecule has 2 fully saturated rings. The third-order valence-corrected chi connectivity index (χ3v) is 5.29. The minimum absolute atomic E-state index is 0.116. The van der Waals surface area contributed by atoms with Crippen LogP contribution in [0.3, 0.4) is 0 Å². The summed E-state index contributed by atoms with van der Waals surface area (Å²) in [4.78, 5) is 25.1. The Bertz CT molecular complexity index is 390. The fourth-order valence-corrected chi connectivity index (χ4v) is 3.47. The summed E-state index contributed by atoms with van der Waals surface area (Å²) < 4.78 is 0. The van der Waals surface area contributed by atoms with E-state index in [-0.39, 0.29) is 12.6 Å². The van der Waals surface area contributed by atoms with Gasteiger partial charge >= 0.3 is 12.0 Å². The van der Waals surface area contributed by atoms with E-state index in [4.69, 9.17) is 5.11 Å². The lowest BCUT2D eigenvalue weighted by atomic mass is 9.68. The van der Waals surface area contributed by atoms with Gasteiger partial charge in [0.2, 0.25) is 0 Å². The molecule has 2 amide bonds. The van der Waals surface area contributed by atoms with Crippen LogP contribution in [0.15, 0.2) is 0 Å². The number of nitrogens with zero attached hydrogens (tertiary/aromatic N) is 1. The molecule has 2 aliphatic rings. The molecular weight excluding hydrogens is 268 g/mol. The fraction of sp³-hybridized carbons (Fsp3) is 0.875. The average molecular weight is 296 g/mol. The molecular formula is C16H28N2O3. The highest BCUT2D eigenvalue weighted by Gasteiger charge is 2.37. The van der Waals surface area contributed by atoms with Gasteiger partial charge in [-0.15, -0.1) is 0 Å². The molecule has 0 unspecified atom stereocenters. The molecule has 1 aliphatic heterocycles. The number of amides is 2. The van der Waals surface area contributed by atoms with Crippen LogP contribution in [0.25, 0.3) is 0 Å². The first-order chi connectivity index (χ1) is 9.85. The van der Waals surface area contributed by atoms with Crippen molar-refractivity contribution in [2.24, 2.45) is 10.8 Å².